The zero-order valence-corrected chi connectivity index (χ0v) is 16.0. The van der Waals surface area contributed by atoms with Gasteiger partial charge in [0, 0.05) is 24.6 Å². The number of benzene rings is 1. The first-order chi connectivity index (χ1) is 11.6. The summed E-state index contributed by atoms with van der Waals surface area (Å²) in [6, 6.07) is 7.45. The second-order valence-corrected chi connectivity index (χ2v) is 7.64. The standard InChI is InChI=1S/C20H28N2OS/c1-5-23-16(4)20-21-18(13-24-20)12-22-10-6-7-19(22)17-9-8-14(2)15(3)11-17/h8-9,11,13,16,19H,5-7,10,12H2,1-4H3/t16-,19+/m0/s1. The van der Waals surface area contributed by atoms with Gasteiger partial charge in [0.15, 0.2) is 0 Å². The molecule has 130 valence electrons. The predicted molar refractivity (Wildman–Crippen MR) is 100 cm³/mol. The van der Waals surface area contributed by atoms with E-state index in [4.69, 9.17) is 9.72 Å². The van der Waals surface area contributed by atoms with Crippen LogP contribution in [0.25, 0.3) is 0 Å². The molecule has 1 aliphatic rings. The minimum atomic E-state index is 0.0999. The summed E-state index contributed by atoms with van der Waals surface area (Å²) in [5, 5.41) is 3.29. The highest BCUT2D eigenvalue weighted by Crippen LogP contribution is 2.34. The zero-order valence-electron chi connectivity index (χ0n) is 15.2. The largest absolute Gasteiger partial charge is 0.372 e. The summed E-state index contributed by atoms with van der Waals surface area (Å²) in [6.07, 6.45) is 2.61. The highest BCUT2D eigenvalue weighted by Gasteiger charge is 2.27. The van der Waals surface area contributed by atoms with Gasteiger partial charge < -0.3 is 4.74 Å². The summed E-state index contributed by atoms with van der Waals surface area (Å²) in [5.41, 5.74) is 5.39. The predicted octanol–water partition coefficient (Wildman–Crippen LogP) is 5.19. The molecule has 0 N–H and O–H groups in total. The molecule has 0 saturated carbocycles. The summed E-state index contributed by atoms with van der Waals surface area (Å²) in [5.74, 6) is 0. The number of likely N-dealkylation sites (tertiary alicyclic amines) is 1. The van der Waals surface area contributed by atoms with Gasteiger partial charge in [-0.3, -0.25) is 4.90 Å². The smallest absolute Gasteiger partial charge is 0.122 e. The van der Waals surface area contributed by atoms with Gasteiger partial charge in [-0.05, 0) is 63.8 Å². The maximum absolute atomic E-state index is 5.66. The number of hydrogen-bond acceptors (Lipinski definition) is 4. The first-order valence-corrected chi connectivity index (χ1v) is 9.83. The number of ether oxygens (including phenoxy) is 1. The van der Waals surface area contributed by atoms with E-state index < -0.39 is 0 Å². The number of rotatable bonds is 6. The molecule has 0 bridgehead atoms. The van der Waals surface area contributed by atoms with Crippen LogP contribution in [-0.4, -0.2) is 23.0 Å². The van der Waals surface area contributed by atoms with Crippen molar-refractivity contribution < 1.29 is 4.74 Å². The van der Waals surface area contributed by atoms with E-state index in [1.54, 1.807) is 11.3 Å². The first kappa shape index (κ1) is 17.6. The SMILES string of the molecule is CCO[C@@H](C)c1nc(CN2CCC[C@@H]2c2ccc(C)c(C)c2)cs1. The van der Waals surface area contributed by atoms with Crippen molar-refractivity contribution in [2.24, 2.45) is 0 Å². The zero-order chi connectivity index (χ0) is 17.1. The Morgan fingerprint density at radius 2 is 2.17 bits per heavy atom. The molecule has 1 aliphatic heterocycles. The van der Waals surface area contributed by atoms with Crippen molar-refractivity contribution in [1.29, 1.82) is 0 Å². The van der Waals surface area contributed by atoms with Crippen LogP contribution >= 0.6 is 11.3 Å². The fourth-order valence-electron chi connectivity index (χ4n) is 3.48. The van der Waals surface area contributed by atoms with Gasteiger partial charge in [-0.1, -0.05) is 18.2 Å². The Bertz CT molecular complexity index is 682. The quantitative estimate of drug-likeness (QED) is 0.720. The van der Waals surface area contributed by atoms with Gasteiger partial charge >= 0.3 is 0 Å². The summed E-state index contributed by atoms with van der Waals surface area (Å²) >= 11 is 1.72. The van der Waals surface area contributed by atoms with Crippen LogP contribution in [0.5, 0.6) is 0 Å². The third-order valence-corrected chi connectivity index (χ3v) is 6.03. The van der Waals surface area contributed by atoms with Crippen molar-refractivity contribution in [3.63, 3.8) is 0 Å². The Kier molecular flexibility index (Phi) is 5.69. The number of aromatic nitrogens is 1. The van der Waals surface area contributed by atoms with E-state index >= 15 is 0 Å². The molecule has 1 fully saturated rings. The van der Waals surface area contributed by atoms with Crippen LogP contribution in [0.3, 0.4) is 0 Å². The lowest BCUT2D eigenvalue weighted by Crippen LogP contribution is -2.23. The van der Waals surface area contributed by atoms with Crippen molar-refractivity contribution in [1.82, 2.24) is 9.88 Å². The molecule has 2 heterocycles. The third kappa shape index (κ3) is 3.88. The molecule has 1 aromatic heterocycles. The molecule has 24 heavy (non-hydrogen) atoms. The van der Waals surface area contributed by atoms with E-state index in [9.17, 15) is 0 Å². The maximum atomic E-state index is 5.66. The van der Waals surface area contributed by atoms with Crippen molar-refractivity contribution in [2.45, 2.75) is 59.2 Å². The molecule has 2 atom stereocenters. The Labute approximate surface area is 149 Å². The molecule has 3 rings (SSSR count). The molecular weight excluding hydrogens is 316 g/mol. The van der Waals surface area contributed by atoms with E-state index in [1.807, 2.05) is 6.92 Å². The highest BCUT2D eigenvalue weighted by atomic mass is 32.1. The summed E-state index contributed by atoms with van der Waals surface area (Å²) < 4.78 is 5.66. The molecule has 0 amide bonds. The monoisotopic (exact) mass is 344 g/mol. The summed E-state index contributed by atoms with van der Waals surface area (Å²) in [4.78, 5) is 7.38. The molecule has 0 radical (unpaired) electrons. The highest BCUT2D eigenvalue weighted by molar-refractivity contribution is 7.09. The van der Waals surface area contributed by atoms with E-state index in [2.05, 4.69) is 49.3 Å². The minimum Gasteiger partial charge on any atom is -0.372 e. The first-order valence-electron chi connectivity index (χ1n) is 8.95. The normalized spacial score (nSPS) is 19.8. The van der Waals surface area contributed by atoms with Crippen LogP contribution in [0.4, 0.5) is 0 Å². The van der Waals surface area contributed by atoms with Gasteiger partial charge in [0.1, 0.15) is 11.1 Å². The average molecular weight is 345 g/mol. The van der Waals surface area contributed by atoms with E-state index in [0.29, 0.717) is 6.04 Å². The Hall–Kier alpha value is -1.23. The lowest BCUT2D eigenvalue weighted by Gasteiger charge is -2.24. The molecular formula is C20H28N2OS. The fraction of sp³-hybridized carbons (Fsp3) is 0.550. The van der Waals surface area contributed by atoms with Crippen molar-refractivity contribution in [2.75, 3.05) is 13.2 Å². The summed E-state index contributed by atoms with van der Waals surface area (Å²) in [6.45, 7) is 11.3. The lowest BCUT2D eigenvalue weighted by molar-refractivity contribution is 0.0760. The second kappa shape index (κ2) is 7.77. The van der Waals surface area contributed by atoms with Crippen LogP contribution in [0, 0.1) is 13.8 Å². The molecule has 0 aliphatic carbocycles. The number of thiazole rings is 1. The van der Waals surface area contributed by atoms with Crippen LogP contribution in [0.2, 0.25) is 0 Å². The molecule has 4 heteroatoms. The van der Waals surface area contributed by atoms with Gasteiger partial charge in [-0.2, -0.15) is 0 Å². The molecule has 1 aromatic carbocycles. The van der Waals surface area contributed by atoms with E-state index in [-0.39, 0.29) is 6.10 Å². The van der Waals surface area contributed by atoms with Crippen LogP contribution in [0.1, 0.15) is 66.2 Å². The molecule has 0 spiro atoms. The van der Waals surface area contributed by atoms with Gasteiger partial charge in [0.25, 0.3) is 0 Å². The fourth-order valence-corrected chi connectivity index (χ4v) is 4.29. The Morgan fingerprint density at radius 3 is 2.92 bits per heavy atom. The van der Waals surface area contributed by atoms with Gasteiger partial charge in [0.05, 0.1) is 5.69 Å². The molecule has 0 unspecified atom stereocenters. The van der Waals surface area contributed by atoms with Crippen LogP contribution in [0.15, 0.2) is 23.6 Å². The topological polar surface area (TPSA) is 25.4 Å². The minimum absolute atomic E-state index is 0.0999. The molecule has 3 nitrogen and oxygen atoms in total. The number of aryl methyl sites for hydroxylation is 2. The lowest BCUT2D eigenvalue weighted by atomic mass is 9.99. The van der Waals surface area contributed by atoms with Crippen molar-refractivity contribution in [3.05, 3.63) is 51.0 Å². The van der Waals surface area contributed by atoms with Gasteiger partial charge in [-0.15, -0.1) is 11.3 Å². The second-order valence-electron chi connectivity index (χ2n) is 6.75. The van der Waals surface area contributed by atoms with Crippen LogP contribution < -0.4 is 0 Å². The van der Waals surface area contributed by atoms with Gasteiger partial charge in [0.2, 0.25) is 0 Å². The Balaban J connectivity index is 1.71. The maximum Gasteiger partial charge on any atom is 0.122 e. The molecule has 1 saturated heterocycles. The van der Waals surface area contributed by atoms with Gasteiger partial charge in [-0.25, -0.2) is 4.98 Å². The van der Waals surface area contributed by atoms with E-state index in [1.165, 1.54) is 35.2 Å². The van der Waals surface area contributed by atoms with Crippen molar-refractivity contribution >= 4 is 11.3 Å². The van der Waals surface area contributed by atoms with Crippen LogP contribution in [-0.2, 0) is 11.3 Å². The third-order valence-electron chi connectivity index (χ3n) is 4.98. The number of hydrogen-bond donors (Lipinski definition) is 0. The Morgan fingerprint density at radius 1 is 1.33 bits per heavy atom. The van der Waals surface area contributed by atoms with E-state index in [0.717, 1.165) is 24.7 Å². The average Bonchev–Trinajstić information content (AvgIpc) is 3.20. The number of nitrogens with zero attached hydrogens (tertiary/aromatic N) is 2. The van der Waals surface area contributed by atoms with Crippen molar-refractivity contribution in [3.8, 4) is 0 Å². The summed E-state index contributed by atoms with van der Waals surface area (Å²) in [7, 11) is 0. The molecule has 2 aromatic rings.